The summed E-state index contributed by atoms with van der Waals surface area (Å²) in [5.41, 5.74) is 2.55. The minimum atomic E-state index is -0.0748. The summed E-state index contributed by atoms with van der Waals surface area (Å²) in [6.07, 6.45) is 4.12. The molecule has 0 saturated carbocycles. The summed E-state index contributed by atoms with van der Waals surface area (Å²) >= 11 is 0. The maximum Gasteiger partial charge on any atom is 0.268 e. The third kappa shape index (κ3) is 4.52. The van der Waals surface area contributed by atoms with Gasteiger partial charge in [0.2, 0.25) is 5.91 Å². The summed E-state index contributed by atoms with van der Waals surface area (Å²) in [4.78, 5) is 26.9. The van der Waals surface area contributed by atoms with Crippen molar-refractivity contribution in [2.24, 2.45) is 5.92 Å². The van der Waals surface area contributed by atoms with Crippen molar-refractivity contribution in [2.75, 3.05) is 30.4 Å². The maximum atomic E-state index is 12.7. The topological polar surface area (TPSA) is 76.5 Å². The first kappa shape index (κ1) is 19.9. The zero-order valence-electron chi connectivity index (χ0n) is 16.8. The second kappa shape index (κ2) is 8.91. The van der Waals surface area contributed by atoms with Gasteiger partial charge in [-0.3, -0.25) is 9.59 Å². The predicted octanol–water partition coefficient (Wildman–Crippen LogP) is 2.83. The van der Waals surface area contributed by atoms with Gasteiger partial charge < -0.3 is 15.0 Å². The number of carbonyl (C=O) groups excluding carboxylic acids is 1. The van der Waals surface area contributed by atoms with E-state index in [4.69, 9.17) is 4.74 Å². The van der Waals surface area contributed by atoms with Crippen LogP contribution in [0.5, 0.6) is 5.75 Å². The SMILES string of the molecule is CCCn1ncc(N2CCC(C(=O)Nc3ccc(OC)cc3C)CC2)cc1=O. The number of hydrogen-bond acceptors (Lipinski definition) is 5. The van der Waals surface area contributed by atoms with E-state index >= 15 is 0 Å². The molecule has 0 atom stereocenters. The van der Waals surface area contributed by atoms with E-state index in [2.05, 4.69) is 15.3 Å². The lowest BCUT2D eigenvalue weighted by Gasteiger charge is -2.32. The van der Waals surface area contributed by atoms with Gasteiger partial charge in [0.05, 0.1) is 19.0 Å². The van der Waals surface area contributed by atoms with Crippen LogP contribution in [0.2, 0.25) is 0 Å². The molecule has 150 valence electrons. The number of carbonyl (C=O) groups is 1. The molecule has 0 aliphatic carbocycles. The molecule has 1 aliphatic heterocycles. The molecule has 0 radical (unpaired) electrons. The third-order valence-electron chi connectivity index (χ3n) is 5.21. The molecular weight excluding hydrogens is 356 g/mol. The first-order chi connectivity index (χ1) is 13.5. The molecule has 2 aromatic rings. The van der Waals surface area contributed by atoms with E-state index in [1.165, 1.54) is 4.68 Å². The number of aromatic nitrogens is 2. The largest absolute Gasteiger partial charge is 0.497 e. The van der Waals surface area contributed by atoms with Crippen LogP contribution >= 0.6 is 0 Å². The van der Waals surface area contributed by atoms with Gasteiger partial charge in [0.1, 0.15) is 5.75 Å². The standard InChI is InChI=1S/C21H28N4O3/c1-4-9-25-20(26)13-17(14-22-25)24-10-7-16(8-11-24)21(27)23-19-6-5-18(28-3)12-15(19)2/h5-6,12-14,16H,4,7-11H2,1-3H3,(H,23,27). The summed E-state index contributed by atoms with van der Waals surface area (Å²) in [5.74, 6) is 0.786. The lowest BCUT2D eigenvalue weighted by molar-refractivity contribution is -0.120. The molecule has 1 amide bonds. The minimum absolute atomic E-state index is 0.0360. The zero-order valence-corrected chi connectivity index (χ0v) is 16.8. The van der Waals surface area contributed by atoms with E-state index in [0.29, 0.717) is 6.54 Å². The first-order valence-corrected chi connectivity index (χ1v) is 9.79. The van der Waals surface area contributed by atoms with Crippen molar-refractivity contribution in [3.8, 4) is 5.75 Å². The van der Waals surface area contributed by atoms with Crippen LogP contribution in [0.1, 0.15) is 31.7 Å². The Morgan fingerprint density at radius 3 is 2.64 bits per heavy atom. The van der Waals surface area contributed by atoms with Gasteiger partial charge in [-0.15, -0.1) is 0 Å². The van der Waals surface area contributed by atoms with Gasteiger partial charge in [0, 0.05) is 37.3 Å². The number of rotatable bonds is 6. The van der Waals surface area contributed by atoms with E-state index in [0.717, 1.165) is 55.0 Å². The summed E-state index contributed by atoms with van der Waals surface area (Å²) < 4.78 is 6.69. The van der Waals surface area contributed by atoms with E-state index < -0.39 is 0 Å². The number of piperidine rings is 1. The summed E-state index contributed by atoms with van der Waals surface area (Å²) in [7, 11) is 1.63. The second-order valence-electron chi connectivity index (χ2n) is 7.21. The molecule has 1 fully saturated rings. The molecule has 2 heterocycles. The van der Waals surface area contributed by atoms with E-state index in [1.807, 2.05) is 32.0 Å². The Morgan fingerprint density at radius 1 is 1.29 bits per heavy atom. The van der Waals surface area contributed by atoms with Crippen molar-refractivity contribution in [1.82, 2.24) is 9.78 Å². The van der Waals surface area contributed by atoms with Crippen molar-refractivity contribution in [1.29, 1.82) is 0 Å². The highest BCUT2D eigenvalue weighted by Gasteiger charge is 2.26. The van der Waals surface area contributed by atoms with E-state index in [1.54, 1.807) is 19.4 Å². The number of amides is 1. The summed E-state index contributed by atoms with van der Waals surface area (Å²) in [6.45, 7) is 6.07. The molecule has 1 aromatic heterocycles. The molecule has 7 heteroatoms. The number of nitrogens with zero attached hydrogens (tertiary/aromatic N) is 3. The van der Waals surface area contributed by atoms with Crippen LogP contribution in [0.15, 0.2) is 35.3 Å². The van der Waals surface area contributed by atoms with E-state index in [9.17, 15) is 9.59 Å². The normalized spacial score (nSPS) is 14.8. The molecular formula is C21H28N4O3. The van der Waals surface area contributed by atoms with Crippen LogP contribution in [0, 0.1) is 12.8 Å². The van der Waals surface area contributed by atoms with Gasteiger partial charge in [0.25, 0.3) is 5.56 Å². The van der Waals surface area contributed by atoms with Crippen LogP contribution in [0.25, 0.3) is 0 Å². The van der Waals surface area contributed by atoms with Gasteiger partial charge >= 0.3 is 0 Å². The number of aryl methyl sites for hydroxylation is 2. The van der Waals surface area contributed by atoms with Gasteiger partial charge in [-0.25, -0.2) is 4.68 Å². The molecule has 0 unspecified atom stereocenters. The van der Waals surface area contributed by atoms with Crippen LogP contribution < -0.4 is 20.5 Å². The minimum Gasteiger partial charge on any atom is -0.497 e. The molecule has 1 aromatic carbocycles. The van der Waals surface area contributed by atoms with Gasteiger partial charge in [-0.2, -0.15) is 5.10 Å². The Bertz CT molecular complexity index is 885. The highest BCUT2D eigenvalue weighted by Crippen LogP contribution is 2.25. The van der Waals surface area contributed by atoms with Crippen molar-refractivity contribution in [3.63, 3.8) is 0 Å². The third-order valence-corrected chi connectivity index (χ3v) is 5.21. The fourth-order valence-electron chi connectivity index (χ4n) is 3.51. The number of methoxy groups -OCH3 is 1. The van der Waals surface area contributed by atoms with Crippen LogP contribution in [0.3, 0.4) is 0 Å². The Hall–Kier alpha value is -2.83. The Morgan fingerprint density at radius 2 is 2.04 bits per heavy atom. The van der Waals surface area contributed by atoms with E-state index in [-0.39, 0.29) is 17.4 Å². The lowest BCUT2D eigenvalue weighted by atomic mass is 9.95. The Kier molecular flexibility index (Phi) is 6.34. The average Bonchev–Trinajstić information content (AvgIpc) is 2.71. The number of hydrogen-bond donors (Lipinski definition) is 1. The molecule has 28 heavy (non-hydrogen) atoms. The molecule has 3 rings (SSSR count). The number of benzene rings is 1. The van der Waals surface area contributed by atoms with Gasteiger partial charge in [-0.1, -0.05) is 6.92 Å². The molecule has 1 N–H and O–H groups in total. The first-order valence-electron chi connectivity index (χ1n) is 9.79. The van der Waals surface area contributed by atoms with Crippen molar-refractivity contribution in [3.05, 3.63) is 46.4 Å². The molecule has 7 nitrogen and oxygen atoms in total. The molecule has 1 saturated heterocycles. The van der Waals surface area contributed by atoms with Crippen LogP contribution in [-0.4, -0.2) is 35.9 Å². The monoisotopic (exact) mass is 384 g/mol. The fraction of sp³-hybridized carbons (Fsp3) is 0.476. The fourth-order valence-corrected chi connectivity index (χ4v) is 3.51. The molecule has 1 aliphatic rings. The smallest absolute Gasteiger partial charge is 0.268 e. The van der Waals surface area contributed by atoms with Crippen molar-refractivity contribution < 1.29 is 9.53 Å². The number of nitrogens with one attached hydrogen (secondary N) is 1. The maximum absolute atomic E-state index is 12.7. The highest BCUT2D eigenvalue weighted by atomic mass is 16.5. The predicted molar refractivity (Wildman–Crippen MR) is 110 cm³/mol. The number of anilines is 2. The average molecular weight is 384 g/mol. The Balaban J connectivity index is 1.58. The van der Waals surface area contributed by atoms with Crippen molar-refractivity contribution >= 4 is 17.3 Å². The van der Waals surface area contributed by atoms with Crippen LogP contribution in [0.4, 0.5) is 11.4 Å². The second-order valence-corrected chi connectivity index (χ2v) is 7.21. The highest BCUT2D eigenvalue weighted by molar-refractivity contribution is 5.93. The molecule has 0 spiro atoms. The summed E-state index contributed by atoms with van der Waals surface area (Å²) in [6, 6.07) is 7.27. The van der Waals surface area contributed by atoms with Gasteiger partial charge in [-0.05, 0) is 49.9 Å². The lowest BCUT2D eigenvalue weighted by Crippen LogP contribution is -2.39. The quantitative estimate of drug-likeness (QED) is 0.829. The van der Waals surface area contributed by atoms with Gasteiger partial charge in [0.15, 0.2) is 0 Å². The Labute approximate surface area is 165 Å². The number of ether oxygens (including phenoxy) is 1. The summed E-state index contributed by atoms with van der Waals surface area (Å²) in [5, 5.41) is 7.29. The van der Waals surface area contributed by atoms with Crippen molar-refractivity contribution in [2.45, 2.75) is 39.7 Å². The van der Waals surface area contributed by atoms with Crippen LogP contribution in [-0.2, 0) is 11.3 Å². The zero-order chi connectivity index (χ0) is 20.1. The molecule has 0 bridgehead atoms.